The third-order valence-corrected chi connectivity index (χ3v) is 3.63. The SMILES string of the molecule is Cc1cc(CN2CCNCC2C(C)C)n(C)n1. The van der Waals surface area contributed by atoms with Gasteiger partial charge in [-0.25, -0.2) is 0 Å². The Kier molecular flexibility index (Phi) is 3.84. The highest BCUT2D eigenvalue weighted by molar-refractivity contribution is 5.09. The van der Waals surface area contributed by atoms with Crippen molar-refractivity contribution in [2.45, 2.75) is 33.4 Å². The van der Waals surface area contributed by atoms with Crippen LogP contribution < -0.4 is 5.32 Å². The Bertz CT molecular complexity index is 369. The molecule has 0 bridgehead atoms. The summed E-state index contributed by atoms with van der Waals surface area (Å²) < 4.78 is 2.01. The minimum atomic E-state index is 0.638. The van der Waals surface area contributed by atoms with Crippen LogP contribution >= 0.6 is 0 Å². The van der Waals surface area contributed by atoms with Crippen LogP contribution in [0.25, 0.3) is 0 Å². The largest absolute Gasteiger partial charge is 0.314 e. The second-order valence-corrected chi connectivity index (χ2v) is 5.39. The van der Waals surface area contributed by atoms with E-state index in [9.17, 15) is 0 Å². The highest BCUT2D eigenvalue weighted by Crippen LogP contribution is 2.16. The minimum absolute atomic E-state index is 0.638. The topological polar surface area (TPSA) is 33.1 Å². The third-order valence-electron chi connectivity index (χ3n) is 3.63. The fraction of sp³-hybridized carbons (Fsp3) is 0.769. The van der Waals surface area contributed by atoms with Crippen molar-refractivity contribution in [1.82, 2.24) is 20.0 Å². The molecule has 0 spiro atoms. The van der Waals surface area contributed by atoms with E-state index in [4.69, 9.17) is 0 Å². The molecule has 96 valence electrons. The van der Waals surface area contributed by atoms with Gasteiger partial charge in [0.1, 0.15) is 0 Å². The van der Waals surface area contributed by atoms with Crippen molar-refractivity contribution in [2.75, 3.05) is 19.6 Å². The van der Waals surface area contributed by atoms with Crippen molar-refractivity contribution in [3.63, 3.8) is 0 Å². The Morgan fingerprint density at radius 2 is 2.29 bits per heavy atom. The van der Waals surface area contributed by atoms with E-state index in [-0.39, 0.29) is 0 Å². The van der Waals surface area contributed by atoms with Crippen LogP contribution in [-0.2, 0) is 13.6 Å². The van der Waals surface area contributed by atoms with Gasteiger partial charge in [-0.1, -0.05) is 13.8 Å². The molecule has 1 saturated heterocycles. The summed E-state index contributed by atoms with van der Waals surface area (Å²) in [5.74, 6) is 0.692. The lowest BCUT2D eigenvalue weighted by molar-refractivity contribution is 0.114. The van der Waals surface area contributed by atoms with Gasteiger partial charge in [0.05, 0.1) is 11.4 Å². The van der Waals surface area contributed by atoms with Gasteiger partial charge in [-0.2, -0.15) is 5.10 Å². The molecule has 1 aliphatic rings. The van der Waals surface area contributed by atoms with E-state index in [1.54, 1.807) is 0 Å². The van der Waals surface area contributed by atoms with Crippen molar-refractivity contribution < 1.29 is 0 Å². The first-order chi connectivity index (χ1) is 8.08. The molecule has 1 aromatic rings. The van der Waals surface area contributed by atoms with E-state index in [0.29, 0.717) is 12.0 Å². The van der Waals surface area contributed by atoms with Crippen LogP contribution in [0.2, 0.25) is 0 Å². The normalized spacial score (nSPS) is 22.3. The highest BCUT2D eigenvalue weighted by Gasteiger charge is 2.25. The van der Waals surface area contributed by atoms with Gasteiger partial charge >= 0.3 is 0 Å². The third kappa shape index (κ3) is 2.87. The molecule has 1 aliphatic heterocycles. The number of nitrogens with one attached hydrogen (secondary N) is 1. The fourth-order valence-electron chi connectivity index (χ4n) is 2.64. The zero-order valence-electron chi connectivity index (χ0n) is 11.4. The maximum absolute atomic E-state index is 4.42. The van der Waals surface area contributed by atoms with Gasteiger partial charge in [0.15, 0.2) is 0 Å². The molecule has 1 aromatic heterocycles. The summed E-state index contributed by atoms with van der Waals surface area (Å²) in [6.45, 7) is 11.0. The van der Waals surface area contributed by atoms with E-state index in [0.717, 1.165) is 31.9 Å². The fourth-order valence-corrected chi connectivity index (χ4v) is 2.64. The van der Waals surface area contributed by atoms with E-state index < -0.39 is 0 Å². The van der Waals surface area contributed by atoms with Crippen molar-refractivity contribution in [1.29, 1.82) is 0 Å². The van der Waals surface area contributed by atoms with Crippen molar-refractivity contribution >= 4 is 0 Å². The molecule has 2 heterocycles. The zero-order chi connectivity index (χ0) is 12.4. The summed E-state index contributed by atoms with van der Waals surface area (Å²) in [6, 6.07) is 2.83. The van der Waals surface area contributed by atoms with Crippen LogP contribution in [0.1, 0.15) is 25.2 Å². The zero-order valence-corrected chi connectivity index (χ0v) is 11.4. The Labute approximate surface area is 104 Å². The summed E-state index contributed by atoms with van der Waals surface area (Å²) in [7, 11) is 2.04. The number of aromatic nitrogens is 2. The molecular weight excluding hydrogens is 212 g/mol. The van der Waals surface area contributed by atoms with Crippen LogP contribution in [0.5, 0.6) is 0 Å². The van der Waals surface area contributed by atoms with Gasteiger partial charge in [0.25, 0.3) is 0 Å². The van der Waals surface area contributed by atoms with E-state index in [1.165, 1.54) is 5.69 Å². The molecule has 1 N–H and O–H groups in total. The quantitative estimate of drug-likeness (QED) is 0.855. The number of aryl methyl sites for hydroxylation is 2. The summed E-state index contributed by atoms with van der Waals surface area (Å²) in [4.78, 5) is 2.58. The lowest BCUT2D eigenvalue weighted by atomic mass is 10.0. The van der Waals surface area contributed by atoms with Gasteiger partial charge in [0.2, 0.25) is 0 Å². The average Bonchev–Trinajstić information content (AvgIpc) is 2.58. The second kappa shape index (κ2) is 5.19. The Morgan fingerprint density at radius 1 is 1.53 bits per heavy atom. The van der Waals surface area contributed by atoms with Crippen LogP contribution in [0.15, 0.2) is 6.07 Å². The van der Waals surface area contributed by atoms with Gasteiger partial charge in [-0.05, 0) is 18.9 Å². The number of hydrogen-bond donors (Lipinski definition) is 1. The maximum Gasteiger partial charge on any atom is 0.0597 e. The molecule has 2 rings (SSSR count). The van der Waals surface area contributed by atoms with E-state index >= 15 is 0 Å². The molecule has 4 nitrogen and oxygen atoms in total. The van der Waals surface area contributed by atoms with Gasteiger partial charge in [-0.15, -0.1) is 0 Å². The lowest BCUT2D eigenvalue weighted by Gasteiger charge is -2.38. The van der Waals surface area contributed by atoms with Crippen LogP contribution in [0.4, 0.5) is 0 Å². The first-order valence-electron chi connectivity index (χ1n) is 6.52. The first-order valence-corrected chi connectivity index (χ1v) is 6.52. The predicted octanol–water partition coefficient (Wildman–Crippen LogP) is 1.16. The van der Waals surface area contributed by atoms with Crippen LogP contribution in [0, 0.1) is 12.8 Å². The van der Waals surface area contributed by atoms with Crippen LogP contribution in [0.3, 0.4) is 0 Å². The molecule has 4 heteroatoms. The molecule has 1 unspecified atom stereocenters. The number of hydrogen-bond acceptors (Lipinski definition) is 3. The summed E-state index contributed by atoms with van der Waals surface area (Å²) in [5, 5.41) is 7.91. The summed E-state index contributed by atoms with van der Waals surface area (Å²) >= 11 is 0. The Balaban J connectivity index is 2.08. The van der Waals surface area contributed by atoms with Gasteiger partial charge in [-0.3, -0.25) is 9.58 Å². The molecule has 0 saturated carbocycles. The van der Waals surface area contributed by atoms with E-state index in [1.807, 2.05) is 11.7 Å². The molecule has 17 heavy (non-hydrogen) atoms. The molecule has 0 aliphatic carbocycles. The maximum atomic E-state index is 4.42. The summed E-state index contributed by atoms with van der Waals surface area (Å²) in [5.41, 5.74) is 2.42. The standard InChI is InChI=1S/C13H24N4/c1-10(2)13-8-14-5-6-17(13)9-12-7-11(3)15-16(12)4/h7,10,13-14H,5-6,8-9H2,1-4H3. The molecule has 0 aromatic carbocycles. The minimum Gasteiger partial charge on any atom is -0.314 e. The number of rotatable bonds is 3. The average molecular weight is 236 g/mol. The monoisotopic (exact) mass is 236 g/mol. The van der Waals surface area contributed by atoms with Gasteiger partial charge in [0, 0.05) is 39.3 Å². The van der Waals surface area contributed by atoms with Crippen molar-refractivity contribution in [3.05, 3.63) is 17.5 Å². The Morgan fingerprint density at radius 3 is 2.88 bits per heavy atom. The van der Waals surface area contributed by atoms with Crippen molar-refractivity contribution in [2.24, 2.45) is 13.0 Å². The summed E-state index contributed by atoms with van der Waals surface area (Å²) in [6.07, 6.45) is 0. The van der Waals surface area contributed by atoms with Crippen LogP contribution in [-0.4, -0.2) is 40.4 Å². The smallest absolute Gasteiger partial charge is 0.0597 e. The molecule has 1 fully saturated rings. The molecule has 1 atom stereocenters. The van der Waals surface area contributed by atoms with E-state index in [2.05, 4.69) is 42.2 Å². The lowest BCUT2D eigenvalue weighted by Crippen LogP contribution is -2.53. The predicted molar refractivity (Wildman–Crippen MR) is 69.9 cm³/mol. The number of piperazine rings is 1. The first kappa shape index (κ1) is 12.6. The highest BCUT2D eigenvalue weighted by atomic mass is 15.3. The molecular formula is C13H24N4. The Hall–Kier alpha value is -0.870. The number of nitrogens with zero attached hydrogens (tertiary/aromatic N) is 3. The van der Waals surface area contributed by atoms with Gasteiger partial charge < -0.3 is 5.32 Å². The molecule has 0 amide bonds. The van der Waals surface area contributed by atoms with Crippen molar-refractivity contribution in [3.8, 4) is 0 Å². The molecule has 0 radical (unpaired) electrons. The second-order valence-electron chi connectivity index (χ2n) is 5.39.